The fourth-order valence-corrected chi connectivity index (χ4v) is 2.87. The minimum absolute atomic E-state index is 0.0371. The van der Waals surface area contributed by atoms with Gasteiger partial charge >= 0.3 is 0 Å². The Labute approximate surface area is 150 Å². The number of hydrogen-bond donors (Lipinski definition) is 1. The summed E-state index contributed by atoms with van der Waals surface area (Å²) in [6.07, 6.45) is 4.75. The molecule has 0 aliphatic rings. The summed E-state index contributed by atoms with van der Waals surface area (Å²) in [7, 11) is 0. The predicted octanol–water partition coefficient (Wildman–Crippen LogP) is 4.45. The zero-order valence-corrected chi connectivity index (χ0v) is 15.9. The second-order valence-electron chi connectivity index (χ2n) is 5.45. The van der Waals surface area contributed by atoms with E-state index in [-0.39, 0.29) is 11.8 Å². The van der Waals surface area contributed by atoms with Crippen LogP contribution in [0.25, 0.3) is 0 Å². The molecule has 0 bridgehead atoms. The standard InChI is InChI=1S/C18H27ClN2OS/c1-4-7-11-16(23)20-13-21(17(22)12-19)18-14(5-2)9-8-10-15(18)6-3/h8-10H,4-7,11-13H2,1-3H3,(H,20,23). The number of rotatable bonds is 9. The van der Waals surface area contributed by atoms with Crippen molar-refractivity contribution < 1.29 is 4.79 Å². The lowest BCUT2D eigenvalue weighted by molar-refractivity contribution is -0.116. The molecule has 1 N–H and O–H groups in total. The third kappa shape index (κ3) is 5.78. The highest BCUT2D eigenvalue weighted by Gasteiger charge is 2.20. The molecule has 0 radical (unpaired) electrons. The Balaban J connectivity index is 3.03. The number of amides is 1. The zero-order valence-electron chi connectivity index (χ0n) is 14.3. The van der Waals surface area contributed by atoms with Crippen LogP contribution in [0.2, 0.25) is 0 Å². The minimum Gasteiger partial charge on any atom is -0.362 e. The van der Waals surface area contributed by atoms with E-state index >= 15 is 0 Å². The third-order valence-electron chi connectivity index (χ3n) is 3.84. The summed E-state index contributed by atoms with van der Waals surface area (Å²) in [5, 5.41) is 3.21. The van der Waals surface area contributed by atoms with Crippen LogP contribution in [0.1, 0.15) is 51.2 Å². The number of nitrogens with one attached hydrogen (secondary N) is 1. The van der Waals surface area contributed by atoms with E-state index in [0.717, 1.165) is 53.9 Å². The molecule has 1 aromatic rings. The Morgan fingerprint density at radius 3 is 2.30 bits per heavy atom. The van der Waals surface area contributed by atoms with E-state index in [1.807, 2.05) is 6.07 Å². The molecule has 0 aliphatic carbocycles. The van der Waals surface area contributed by atoms with E-state index in [4.69, 9.17) is 23.8 Å². The van der Waals surface area contributed by atoms with E-state index in [2.05, 4.69) is 38.2 Å². The molecular formula is C18H27ClN2OS. The van der Waals surface area contributed by atoms with Gasteiger partial charge in [-0.25, -0.2) is 0 Å². The summed E-state index contributed by atoms with van der Waals surface area (Å²) in [5.74, 6) is -0.141. The van der Waals surface area contributed by atoms with Gasteiger partial charge in [0, 0.05) is 0 Å². The van der Waals surface area contributed by atoms with Crippen LogP contribution in [0.15, 0.2) is 18.2 Å². The fourth-order valence-electron chi connectivity index (χ4n) is 2.52. The van der Waals surface area contributed by atoms with Gasteiger partial charge in [0.25, 0.3) is 0 Å². The number of alkyl halides is 1. The normalized spacial score (nSPS) is 10.4. The van der Waals surface area contributed by atoms with Crippen LogP contribution in [-0.2, 0) is 17.6 Å². The van der Waals surface area contributed by atoms with Crippen LogP contribution < -0.4 is 10.2 Å². The quantitative estimate of drug-likeness (QED) is 0.404. The topological polar surface area (TPSA) is 32.3 Å². The number of halogens is 1. The first-order chi connectivity index (χ1) is 11.1. The number of thiocarbonyl (C=S) groups is 1. The van der Waals surface area contributed by atoms with Gasteiger partial charge in [-0.3, -0.25) is 9.69 Å². The van der Waals surface area contributed by atoms with Gasteiger partial charge in [0.05, 0.1) is 17.3 Å². The Morgan fingerprint density at radius 2 is 1.83 bits per heavy atom. The molecular weight excluding hydrogens is 328 g/mol. The highest BCUT2D eigenvalue weighted by molar-refractivity contribution is 7.80. The van der Waals surface area contributed by atoms with Crippen LogP contribution in [0, 0.1) is 0 Å². The molecule has 5 heteroatoms. The molecule has 3 nitrogen and oxygen atoms in total. The molecule has 1 rings (SSSR count). The highest BCUT2D eigenvalue weighted by Crippen LogP contribution is 2.27. The summed E-state index contributed by atoms with van der Waals surface area (Å²) < 4.78 is 0. The molecule has 0 atom stereocenters. The van der Waals surface area contributed by atoms with Crippen molar-refractivity contribution in [1.29, 1.82) is 0 Å². The van der Waals surface area contributed by atoms with Crippen LogP contribution in [0.4, 0.5) is 5.69 Å². The van der Waals surface area contributed by atoms with E-state index in [0.29, 0.717) is 6.67 Å². The Bertz CT molecular complexity index is 512. The van der Waals surface area contributed by atoms with Crippen molar-refractivity contribution in [2.75, 3.05) is 17.4 Å². The van der Waals surface area contributed by atoms with Crippen LogP contribution >= 0.6 is 23.8 Å². The number of aryl methyl sites for hydroxylation is 2. The second kappa shape index (κ2) is 10.6. The fraction of sp³-hybridized carbons (Fsp3) is 0.556. The Hall–Kier alpha value is -1.13. The van der Waals surface area contributed by atoms with E-state index in [9.17, 15) is 4.79 Å². The number of para-hydroxylation sites is 1. The van der Waals surface area contributed by atoms with Gasteiger partial charge in [0.2, 0.25) is 5.91 Å². The molecule has 1 aromatic carbocycles. The van der Waals surface area contributed by atoms with Crippen molar-refractivity contribution in [2.24, 2.45) is 0 Å². The molecule has 23 heavy (non-hydrogen) atoms. The maximum Gasteiger partial charge on any atom is 0.243 e. The zero-order chi connectivity index (χ0) is 17.2. The van der Waals surface area contributed by atoms with E-state index < -0.39 is 0 Å². The molecule has 0 aliphatic heterocycles. The Kier molecular flexibility index (Phi) is 9.19. The summed E-state index contributed by atoms with van der Waals surface area (Å²) in [6, 6.07) is 6.18. The molecule has 128 valence electrons. The molecule has 0 saturated carbocycles. The number of benzene rings is 1. The van der Waals surface area contributed by atoms with Crippen LogP contribution in [-0.4, -0.2) is 23.4 Å². The number of hydrogen-bond acceptors (Lipinski definition) is 2. The predicted molar refractivity (Wildman–Crippen MR) is 104 cm³/mol. The molecule has 0 aromatic heterocycles. The summed E-state index contributed by atoms with van der Waals surface area (Å²) in [5.41, 5.74) is 3.29. The van der Waals surface area contributed by atoms with E-state index in [1.54, 1.807) is 4.90 Å². The van der Waals surface area contributed by atoms with Crippen LogP contribution in [0.3, 0.4) is 0 Å². The monoisotopic (exact) mass is 354 g/mol. The first-order valence-electron chi connectivity index (χ1n) is 8.32. The summed E-state index contributed by atoms with van der Waals surface area (Å²) >= 11 is 11.2. The molecule has 0 fully saturated rings. The van der Waals surface area contributed by atoms with Crippen molar-refractivity contribution in [2.45, 2.75) is 52.9 Å². The maximum atomic E-state index is 12.4. The average Bonchev–Trinajstić information content (AvgIpc) is 2.59. The van der Waals surface area contributed by atoms with Crippen LogP contribution in [0.5, 0.6) is 0 Å². The van der Waals surface area contributed by atoms with Gasteiger partial charge in [-0.05, 0) is 36.8 Å². The average molecular weight is 355 g/mol. The van der Waals surface area contributed by atoms with Crippen molar-refractivity contribution >= 4 is 40.4 Å². The summed E-state index contributed by atoms with van der Waals surface area (Å²) in [4.78, 5) is 14.9. The first-order valence-corrected chi connectivity index (χ1v) is 9.26. The first kappa shape index (κ1) is 19.9. The van der Waals surface area contributed by atoms with Crippen molar-refractivity contribution in [1.82, 2.24) is 5.32 Å². The van der Waals surface area contributed by atoms with Gasteiger partial charge in [-0.1, -0.05) is 57.6 Å². The number of unbranched alkanes of at least 4 members (excludes halogenated alkanes) is 1. The maximum absolute atomic E-state index is 12.4. The van der Waals surface area contributed by atoms with Gasteiger partial charge in [0.15, 0.2) is 0 Å². The van der Waals surface area contributed by atoms with Gasteiger partial charge in [-0.15, -0.1) is 11.6 Å². The Morgan fingerprint density at radius 1 is 1.22 bits per heavy atom. The minimum atomic E-state index is -0.104. The smallest absolute Gasteiger partial charge is 0.243 e. The number of anilines is 1. The SMILES string of the molecule is CCCCC(=S)NCN(C(=O)CCl)c1c(CC)cccc1CC. The lowest BCUT2D eigenvalue weighted by atomic mass is 10.0. The lowest BCUT2D eigenvalue weighted by Gasteiger charge is -2.27. The number of carbonyl (C=O) groups is 1. The molecule has 0 spiro atoms. The molecule has 0 unspecified atom stereocenters. The molecule has 0 heterocycles. The van der Waals surface area contributed by atoms with Crippen molar-refractivity contribution in [3.05, 3.63) is 29.3 Å². The number of nitrogens with zero attached hydrogens (tertiary/aromatic N) is 1. The summed E-state index contributed by atoms with van der Waals surface area (Å²) in [6.45, 7) is 6.71. The largest absolute Gasteiger partial charge is 0.362 e. The van der Waals surface area contributed by atoms with E-state index in [1.165, 1.54) is 0 Å². The van der Waals surface area contributed by atoms with Gasteiger partial charge in [0.1, 0.15) is 5.88 Å². The lowest BCUT2D eigenvalue weighted by Crippen LogP contribution is -2.42. The van der Waals surface area contributed by atoms with Gasteiger partial charge in [-0.2, -0.15) is 0 Å². The third-order valence-corrected chi connectivity index (χ3v) is 4.42. The highest BCUT2D eigenvalue weighted by atomic mass is 35.5. The van der Waals surface area contributed by atoms with Gasteiger partial charge < -0.3 is 5.32 Å². The molecule has 1 amide bonds. The van der Waals surface area contributed by atoms with Crippen molar-refractivity contribution in [3.8, 4) is 0 Å². The molecule has 0 saturated heterocycles. The van der Waals surface area contributed by atoms with Crippen molar-refractivity contribution in [3.63, 3.8) is 0 Å². The number of carbonyl (C=O) groups excluding carboxylic acids is 1. The second-order valence-corrected chi connectivity index (χ2v) is 6.21.